The van der Waals surface area contributed by atoms with Crippen LogP contribution in [0.2, 0.25) is 0 Å². The number of fused-ring (bicyclic) bond motifs is 5. The molecule has 4 saturated carbocycles. The molecule has 7 unspecified atom stereocenters. The van der Waals surface area contributed by atoms with Gasteiger partial charge in [0.25, 0.3) is 0 Å². The number of amides is 3. The molecule has 3 amide bonds. The molecule has 0 aromatic rings. The van der Waals surface area contributed by atoms with Crippen molar-refractivity contribution < 1.29 is 14.4 Å². The Hall–Kier alpha value is -1.79. The molecule has 11 heteroatoms. The molecule has 264 valence electrons. The zero-order valence-electron chi connectivity index (χ0n) is 29.2. The topological polar surface area (TPSA) is 195 Å². The van der Waals surface area contributed by atoms with Crippen LogP contribution in [-0.4, -0.2) is 80.6 Å². The Morgan fingerprint density at radius 2 is 1.46 bits per heavy atom. The average Bonchev–Trinajstić information content (AvgIpc) is 3.36. The van der Waals surface area contributed by atoms with Crippen LogP contribution >= 0.6 is 0 Å². The number of hydrogen-bond acceptors (Lipinski definition) is 8. The molecule has 4 fully saturated rings. The van der Waals surface area contributed by atoms with Crippen molar-refractivity contribution in [1.29, 1.82) is 0 Å². The van der Waals surface area contributed by atoms with E-state index in [1.165, 1.54) is 0 Å². The summed E-state index contributed by atoms with van der Waals surface area (Å²) in [6.45, 7) is 9.90. The molecule has 0 saturated heterocycles. The third-order valence-corrected chi connectivity index (χ3v) is 13.3. The SMILES string of the molecule is C[C@H](CCCN(C)CN)C1CC[C@H]2C3[C@H](NC(=O)CCN)CC4CC(NC(=O)CCN)CCC4(C)[C@H]3CC(NC(=O)CCN)C12C. The zero-order chi connectivity index (χ0) is 33.6. The minimum atomic E-state index is -0.0853. The van der Waals surface area contributed by atoms with Crippen LogP contribution in [0.1, 0.15) is 97.8 Å². The monoisotopic (exact) mass is 647 g/mol. The molecule has 0 aromatic carbocycles. The van der Waals surface area contributed by atoms with Crippen molar-refractivity contribution in [3.05, 3.63) is 0 Å². The van der Waals surface area contributed by atoms with Gasteiger partial charge in [-0.3, -0.25) is 19.3 Å². The summed E-state index contributed by atoms with van der Waals surface area (Å²) >= 11 is 0. The number of rotatable bonds is 15. The van der Waals surface area contributed by atoms with Crippen molar-refractivity contribution in [3.8, 4) is 0 Å². The van der Waals surface area contributed by atoms with Gasteiger partial charge in [0, 0.05) is 63.7 Å². The number of hydrogen-bond donors (Lipinski definition) is 7. The van der Waals surface area contributed by atoms with E-state index >= 15 is 0 Å². The minimum absolute atomic E-state index is 0.0227. The highest BCUT2D eigenvalue weighted by atomic mass is 16.2. The van der Waals surface area contributed by atoms with Gasteiger partial charge in [-0.05, 0) is 118 Å². The molecule has 0 heterocycles. The van der Waals surface area contributed by atoms with E-state index in [0.717, 1.165) is 64.3 Å². The first-order valence-electron chi connectivity index (χ1n) is 18.3. The standard InChI is InChI=1S/C35H66N8O3/c1-22(6-5-17-43(4)21-39)25-7-8-26-33-27(20-29(35(25,26)3)42-32(46)12-16-38)34(2)13-9-24(40-30(44)10-14-36)18-23(34)19-28(33)41-31(45)11-15-37/h22-29,33H,5-21,36-39H2,1-4H3,(H,40,44)(H,41,45)(H,42,46)/t22-,23?,24?,25?,26+,27+,28-,29?,33?,34?,35?/m1/s1. The van der Waals surface area contributed by atoms with Crippen LogP contribution in [0.5, 0.6) is 0 Å². The summed E-state index contributed by atoms with van der Waals surface area (Å²) in [5, 5.41) is 10.3. The van der Waals surface area contributed by atoms with Crippen molar-refractivity contribution in [2.45, 2.75) is 116 Å². The third-order valence-electron chi connectivity index (χ3n) is 13.3. The molecule has 0 aliphatic heterocycles. The Morgan fingerprint density at radius 3 is 2.09 bits per heavy atom. The van der Waals surface area contributed by atoms with Crippen LogP contribution in [0.4, 0.5) is 0 Å². The van der Waals surface area contributed by atoms with Crippen LogP contribution in [0.15, 0.2) is 0 Å². The van der Waals surface area contributed by atoms with Crippen LogP contribution in [0, 0.1) is 46.3 Å². The maximum absolute atomic E-state index is 13.3. The fourth-order valence-electron chi connectivity index (χ4n) is 10.9. The van der Waals surface area contributed by atoms with Gasteiger partial charge in [0.2, 0.25) is 17.7 Å². The van der Waals surface area contributed by atoms with Crippen LogP contribution in [-0.2, 0) is 14.4 Å². The Labute approximate surface area is 277 Å². The number of nitrogens with one attached hydrogen (secondary N) is 3. The second kappa shape index (κ2) is 16.1. The number of nitrogens with two attached hydrogens (primary N) is 4. The summed E-state index contributed by atoms with van der Waals surface area (Å²) in [5.74, 6) is 2.51. The molecule has 0 radical (unpaired) electrons. The van der Waals surface area contributed by atoms with Crippen molar-refractivity contribution in [1.82, 2.24) is 20.9 Å². The van der Waals surface area contributed by atoms with Crippen LogP contribution in [0.25, 0.3) is 0 Å². The molecular weight excluding hydrogens is 580 g/mol. The van der Waals surface area contributed by atoms with E-state index in [1.807, 2.05) is 0 Å². The van der Waals surface area contributed by atoms with Crippen LogP contribution in [0.3, 0.4) is 0 Å². The number of nitrogens with zero attached hydrogens (tertiary/aromatic N) is 1. The Balaban J connectivity index is 1.68. The van der Waals surface area contributed by atoms with Gasteiger partial charge in [-0.2, -0.15) is 0 Å². The molecular formula is C35H66N8O3. The number of carbonyl (C=O) groups is 3. The van der Waals surface area contributed by atoms with E-state index in [-0.39, 0.29) is 46.7 Å². The lowest BCUT2D eigenvalue weighted by molar-refractivity contribution is -0.153. The molecule has 4 aliphatic rings. The molecule has 0 bridgehead atoms. The van der Waals surface area contributed by atoms with Gasteiger partial charge in [0.15, 0.2) is 0 Å². The molecule has 0 spiro atoms. The van der Waals surface area contributed by atoms with E-state index in [2.05, 4.69) is 48.7 Å². The minimum Gasteiger partial charge on any atom is -0.353 e. The molecule has 4 rings (SSSR count). The molecule has 46 heavy (non-hydrogen) atoms. The smallest absolute Gasteiger partial charge is 0.221 e. The Kier molecular flexibility index (Phi) is 12.9. The highest BCUT2D eigenvalue weighted by molar-refractivity contribution is 5.77. The Bertz CT molecular complexity index is 1050. The van der Waals surface area contributed by atoms with Crippen molar-refractivity contribution in [2.24, 2.45) is 69.3 Å². The highest BCUT2D eigenvalue weighted by Gasteiger charge is 2.66. The summed E-state index contributed by atoms with van der Waals surface area (Å²) in [7, 11) is 2.07. The fourth-order valence-corrected chi connectivity index (χ4v) is 10.9. The average molecular weight is 647 g/mol. The van der Waals surface area contributed by atoms with Gasteiger partial charge in [-0.25, -0.2) is 0 Å². The summed E-state index contributed by atoms with van der Waals surface area (Å²) in [5.41, 5.74) is 23.2. The molecule has 0 aromatic heterocycles. The van der Waals surface area contributed by atoms with Gasteiger partial charge in [-0.1, -0.05) is 20.8 Å². The molecule has 4 aliphatic carbocycles. The summed E-state index contributed by atoms with van der Waals surface area (Å²) in [4.78, 5) is 41.1. The quantitative estimate of drug-likeness (QED) is 0.130. The van der Waals surface area contributed by atoms with E-state index in [0.29, 0.717) is 81.1 Å². The lowest BCUT2D eigenvalue weighted by Gasteiger charge is -2.65. The lowest BCUT2D eigenvalue weighted by atomic mass is 9.42. The second-order valence-electron chi connectivity index (χ2n) is 15.8. The molecule has 11 N–H and O–H groups in total. The molecule has 11 atom stereocenters. The largest absolute Gasteiger partial charge is 0.353 e. The van der Waals surface area contributed by atoms with Gasteiger partial charge < -0.3 is 38.9 Å². The lowest BCUT2D eigenvalue weighted by Crippen LogP contribution is -2.67. The van der Waals surface area contributed by atoms with Crippen LogP contribution < -0.4 is 38.9 Å². The van der Waals surface area contributed by atoms with Gasteiger partial charge >= 0.3 is 0 Å². The number of carbonyl (C=O) groups excluding carboxylic acids is 3. The fraction of sp³-hybridized carbons (Fsp3) is 0.914. The Morgan fingerprint density at radius 1 is 0.826 bits per heavy atom. The predicted octanol–water partition coefficient (Wildman–Crippen LogP) is 1.63. The van der Waals surface area contributed by atoms with Crippen molar-refractivity contribution in [3.63, 3.8) is 0 Å². The van der Waals surface area contributed by atoms with Crippen molar-refractivity contribution in [2.75, 3.05) is 39.9 Å². The normalized spacial score (nSPS) is 37.5. The summed E-state index contributed by atoms with van der Waals surface area (Å²) < 4.78 is 0. The van der Waals surface area contributed by atoms with E-state index < -0.39 is 0 Å². The maximum atomic E-state index is 13.3. The van der Waals surface area contributed by atoms with Crippen molar-refractivity contribution >= 4 is 17.7 Å². The summed E-state index contributed by atoms with van der Waals surface area (Å²) in [6, 6.07) is 0.230. The first-order valence-corrected chi connectivity index (χ1v) is 18.3. The van der Waals surface area contributed by atoms with E-state index in [1.54, 1.807) is 0 Å². The zero-order valence-corrected chi connectivity index (χ0v) is 29.2. The summed E-state index contributed by atoms with van der Waals surface area (Å²) in [6.07, 6.45) is 10.2. The van der Waals surface area contributed by atoms with Gasteiger partial charge in [0.05, 0.1) is 0 Å². The predicted molar refractivity (Wildman–Crippen MR) is 183 cm³/mol. The third kappa shape index (κ3) is 7.74. The first-order chi connectivity index (χ1) is 21.9. The van der Waals surface area contributed by atoms with Gasteiger partial charge in [0.1, 0.15) is 0 Å². The van der Waals surface area contributed by atoms with E-state index in [9.17, 15) is 14.4 Å². The van der Waals surface area contributed by atoms with Gasteiger partial charge in [-0.15, -0.1) is 0 Å². The second-order valence-corrected chi connectivity index (χ2v) is 15.8. The maximum Gasteiger partial charge on any atom is 0.221 e. The van der Waals surface area contributed by atoms with E-state index in [4.69, 9.17) is 22.9 Å². The first kappa shape index (κ1) is 37.0. The highest BCUT2D eigenvalue weighted by Crippen LogP contribution is 2.68. The molecule has 11 nitrogen and oxygen atoms in total.